The van der Waals surface area contributed by atoms with Gasteiger partial charge in [0.2, 0.25) is 0 Å². The predicted molar refractivity (Wildman–Crippen MR) is 74.9 cm³/mol. The summed E-state index contributed by atoms with van der Waals surface area (Å²) < 4.78 is 0. The number of carbonyl (C=O) groups excluding carboxylic acids is 1. The molecule has 0 unspecified atom stereocenters. The van der Waals surface area contributed by atoms with E-state index in [1.54, 1.807) is 11.1 Å². The number of hydrogen-bond donors (Lipinski definition) is 1. The summed E-state index contributed by atoms with van der Waals surface area (Å²) >= 11 is 0. The Morgan fingerprint density at radius 1 is 1.50 bits per heavy atom. The second-order valence-electron chi connectivity index (χ2n) is 5.03. The van der Waals surface area contributed by atoms with E-state index >= 15 is 0 Å². The molecule has 100 valence electrons. The van der Waals surface area contributed by atoms with Gasteiger partial charge in [-0.05, 0) is 25.3 Å². The van der Waals surface area contributed by atoms with E-state index in [2.05, 4.69) is 24.1 Å². The van der Waals surface area contributed by atoms with Crippen molar-refractivity contribution in [3.8, 4) is 0 Å². The molecule has 0 aliphatic heterocycles. The van der Waals surface area contributed by atoms with E-state index < -0.39 is 0 Å². The lowest BCUT2D eigenvalue weighted by molar-refractivity contribution is 0.0789. The smallest absolute Gasteiger partial charge is 0.257 e. The third-order valence-corrected chi connectivity index (χ3v) is 2.93. The molecule has 18 heavy (non-hydrogen) atoms. The summed E-state index contributed by atoms with van der Waals surface area (Å²) in [5, 5.41) is 3.05. The van der Waals surface area contributed by atoms with Gasteiger partial charge in [0.05, 0.1) is 11.3 Å². The molecule has 4 nitrogen and oxygen atoms in total. The Bertz CT molecular complexity index is 416. The fourth-order valence-corrected chi connectivity index (χ4v) is 1.70. The van der Waals surface area contributed by atoms with E-state index in [0.717, 1.165) is 24.3 Å². The molecule has 0 radical (unpaired) electrons. The molecule has 4 heteroatoms. The van der Waals surface area contributed by atoms with Gasteiger partial charge >= 0.3 is 0 Å². The molecule has 1 N–H and O–H groups in total. The largest absolute Gasteiger partial charge is 0.387 e. The molecular formula is C14H23N3O. The minimum Gasteiger partial charge on any atom is -0.387 e. The van der Waals surface area contributed by atoms with Crippen LogP contribution in [0.2, 0.25) is 0 Å². The molecule has 0 saturated carbocycles. The number of nitrogens with one attached hydrogen (secondary N) is 1. The highest BCUT2D eigenvalue weighted by Gasteiger charge is 2.16. The minimum atomic E-state index is 0.0208. The number of carbonyl (C=O) groups is 1. The van der Waals surface area contributed by atoms with Gasteiger partial charge in [0.25, 0.3) is 5.91 Å². The lowest BCUT2D eigenvalue weighted by Gasteiger charge is -2.19. The highest BCUT2D eigenvalue weighted by atomic mass is 16.2. The van der Waals surface area contributed by atoms with Crippen LogP contribution in [0, 0.1) is 12.8 Å². The average molecular weight is 249 g/mol. The Balaban J connectivity index is 2.83. The van der Waals surface area contributed by atoms with Crippen molar-refractivity contribution in [2.24, 2.45) is 5.92 Å². The zero-order valence-corrected chi connectivity index (χ0v) is 11.9. The molecule has 0 atom stereocenters. The van der Waals surface area contributed by atoms with Crippen LogP contribution >= 0.6 is 0 Å². The van der Waals surface area contributed by atoms with Gasteiger partial charge in [-0.1, -0.05) is 13.8 Å². The summed E-state index contributed by atoms with van der Waals surface area (Å²) in [6.07, 6.45) is 2.66. The Hall–Kier alpha value is -1.58. The van der Waals surface area contributed by atoms with Crippen LogP contribution in [-0.4, -0.2) is 36.4 Å². The molecule has 0 aliphatic carbocycles. The third-order valence-electron chi connectivity index (χ3n) is 2.93. The molecule has 1 amide bonds. The van der Waals surface area contributed by atoms with Gasteiger partial charge in [-0.2, -0.15) is 0 Å². The number of rotatable bonds is 5. The normalized spacial score (nSPS) is 10.6. The number of hydrogen-bond acceptors (Lipinski definition) is 3. The van der Waals surface area contributed by atoms with Crippen molar-refractivity contribution in [1.29, 1.82) is 0 Å². The Morgan fingerprint density at radius 3 is 2.72 bits per heavy atom. The molecule has 1 aromatic rings. The minimum absolute atomic E-state index is 0.0208. The summed E-state index contributed by atoms with van der Waals surface area (Å²) in [4.78, 5) is 18.3. The Morgan fingerprint density at radius 2 is 2.17 bits per heavy atom. The zero-order chi connectivity index (χ0) is 13.7. The number of amides is 1. The summed E-state index contributed by atoms with van der Waals surface area (Å²) in [5.41, 5.74) is 2.37. The van der Waals surface area contributed by atoms with Crippen molar-refractivity contribution < 1.29 is 4.79 Å². The van der Waals surface area contributed by atoms with Gasteiger partial charge in [-0.3, -0.25) is 9.78 Å². The van der Waals surface area contributed by atoms with Gasteiger partial charge in [0.15, 0.2) is 0 Å². The first-order chi connectivity index (χ1) is 8.45. The fourth-order valence-electron chi connectivity index (χ4n) is 1.70. The average Bonchev–Trinajstić information content (AvgIpc) is 2.34. The van der Waals surface area contributed by atoms with E-state index in [1.165, 1.54) is 0 Å². The molecule has 1 heterocycles. The first kappa shape index (κ1) is 14.5. The molecule has 1 rings (SSSR count). The summed E-state index contributed by atoms with van der Waals surface area (Å²) in [7, 11) is 3.66. The standard InChI is InChI=1S/C14H23N3O/c1-10(2)6-7-17(5)14(18)12-9-16-11(3)8-13(12)15-4/h8-10H,6-7H2,1-5H3,(H,15,16). The lowest BCUT2D eigenvalue weighted by atomic mass is 10.1. The van der Waals surface area contributed by atoms with Crippen molar-refractivity contribution in [1.82, 2.24) is 9.88 Å². The van der Waals surface area contributed by atoms with E-state index in [0.29, 0.717) is 11.5 Å². The van der Waals surface area contributed by atoms with Gasteiger partial charge < -0.3 is 10.2 Å². The maximum Gasteiger partial charge on any atom is 0.257 e. The van der Waals surface area contributed by atoms with Crippen LogP contribution in [0.1, 0.15) is 36.3 Å². The highest BCUT2D eigenvalue weighted by molar-refractivity contribution is 5.99. The van der Waals surface area contributed by atoms with Gasteiger partial charge in [-0.25, -0.2) is 0 Å². The van der Waals surface area contributed by atoms with Crippen molar-refractivity contribution in [2.75, 3.05) is 26.0 Å². The molecular weight excluding hydrogens is 226 g/mol. The lowest BCUT2D eigenvalue weighted by Crippen LogP contribution is -2.29. The van der Waals surface area contributed by atoms with Crippen LogP contribution in [0.4, 0.5) is 5.69 Å². The quantitative estimate of drug-likeness (QED) is 0.872. The zero-order valence-electron chi connectivity index (χ0n) is 11.9. The van der Waals surface area contributed by atoms with Crippen LogP contribution in [-0.2, 0) is 0 Å². The van der Waals surface area contributed by atoms with Crippen molar-refractivity contribution >= 4 is 11.6 Å². The van der Waals surface area contributed by atoms with Crippen LogP contribution in [0.3, 0.4) is 0 Å². The SMILES string of the molecule is CNc1cc(C)ncc1C(=O)N(C)CCC(C)C. The molecule has 0 aliphatic rings. The molecule has 0 fully saturated rings. The van der Waals surface area contributed by atoms with Crippen LogP contribution in [0.15, 0.2) is 12.3 Å². The van der Waals surface area contributed by atoms with Crippen LogP contribution < -0.4 is 5.32 Å². The summed E-state index contributed by atoms with van der Waals surface area (Å²) in [6.45, 7) is 7.00. The summed E-state index contributed by atoms with van der Waals surface area (Å²) in [6, 6.07) is 1.89. The number of nitrogens with zero attached hydrogens (tertiary/aromatic N) is 2. The predicted octanol–water partition coefficient (Wildman–Crippen LogP) is 2.55. The number of anilines is 1. The number of pyridine rings is 1. The van der Waals surface area contributed by atoms with Gasteiger partial charge in [-0.15, -0.1) is 0 Å². The summed E-state index contributed by atoms with van der Waals surface area (Å²) in [5.74, 6) is 0.618. The van der Waals surface area contributed by atoms with Gasteiger partial charge in [0, 0.05) is 32.5 Å². The first-order valence-corrected chi connectivity index (χ1v) is 6.35. The van der Waals surface area contributed by atoms with Crippen molar-refractivity contribution in [3.05, 3.63) is 23.5 Å². The topological polar surface area (TPSA) is 45.2 Å². The first-order valence-electron chi connectivity index (χ1n) is 6.35. The molecule has 0 spiro atoms. The second kappa shape index (κ2) is 6.38. The molecule has 1 aromatic heterocycles. The van der Waals surface area contributed by atoms with Crippen LogP contribution in [0.25, 0.3) is 0 Å². The second-order valence-corrected chi connectivity index (χ2v) is 5.03. The molecule has 0 bridgehead atoms. The Kier molecular flexibility index (Phi) is 5.13. The maximum absolute atomic E-state index is 12.3. The van der Waals surface area contributed by atoms with E-state index in [9.17, 15) is 4.79 Å². The van der Waals surface area contributed by atoms with Crippen molar-refractivity contribution in [2.45, 2.75) is 27.2 Å². The molecule has 0 saturated heterocycles. The highest BCUT2D eigenvalue weighted by Crippen LogP contribution is 2.17. The van der Waals surface area contributed by atoms with Crippen molar-refractivity contribution in [3.63, 3.8) is 0 Å². The number of aryl methyl sites for hydroxylation is 1. The third kappa shape index (κ3) is 3.72. The maximum atomic E-state index is 12.3. The van der Waals surface area contributed by atoms with E-state index in [4.69, 9.17) is 0 Å². The van der Waals surface area contributed by atoms with E-state index in [-0.39, 0.29) is 5.91 Å². The van der Waals surface area contributed by atoms with Gasteiger partial charge in [0.1, 0.15) is 0 Å². The van der Waals surface area contributed by atoms with E-state index in [1.807, 2.05) is 27.1 Å². The molecule has 0 aromatic carbocycles. The number of aromatic nitrogens is 1. The monoisotopic (exact) mass is 249 g/mol. The van der Waals surface area contributed by atoms with Crippen LogP contribution in [0.5, 0.6) is 0 Å². The Labute approximate surface area is 109 Å². The fraction of sp³-hybridized carbons (Fsp3) is 0.571.